The first kappa shape index (κ1) is 16.2. The van der Waals surface area contributed by atoms with Gasteiger partial charge >= 0.3 is 0 Å². The quantitative estimate of drug-likeness (QED) is 0.854. The zero-order chi connectivity index (χ0) is 16.8. The number of hydrogen-bond donors (Lipinski definition) is 2. The highest BCUT2D eigenvalue weighted by Crippen LogP contribution is 2.22. The van der Waals surface area contributed by atoms with E-state index in [1.54, 1.807) is 6.20 Å². The SMILES string of the molecule is CCCNc1cnc(C(=O)Nc2ccc(N3CCCC3)cc2)cn1. The molecular formula is C18H23N5O. The van der Waals surface area contributed by atoms with Crippen LogP contribution in [0.5, 0.6) is 0 Å². The highest BCUT2D eigenvalue weighted by atomic mass is 16.1. The van der Waals surface area contributed by atoms with Crippen LogP contribution in [0.1, 0.15) is 36.7 Å². The molecule has 0 unspecified atom stereocenters. The van der Waals surface area contributed by atoms with Crippen LogP contribution >= 0.6 is 0 Å². The number of carbonyl (C=O) groups is 1. The molecule has 1 aromatic carbocycles. The molecule has 0 aliphatic carbocycles. The summed E-state index contributed by atoms with van der Waals surface area (Å²) in [5.74, 6) is 0.432. The fraction of sp³-hybridized carbons (Fsp3) is 0.389. The van der Waals surface area contributed by atoms with Gasteiger partial charge in [-0.25, -0.2) is 9.97 Å². The number of benzene rings is 1. The second-order valence-corrected chi connectivity index (χ2v) is 5.91. The smallest absolute Gasteiger partial charge is 0.275 e. The van der Waals surface area contributed by atoms with Gasteiger partial charge in [0.05, 0.1) is 12.4 Å². The first-order chi connectivity index (χ1) is 11.8. The Balaban J connectivity index is 1.59. The normalized spacial score (nSPS) is 13.8. The maximum Gasteiger partial charge on any atom is 0.275 e. The molecule has 6 nitrogen and oxygen atoms in total. The summed E-state index contributed by atoms with van der Waals surface area (Å²) in [6, 6.07) is 7.95. The lowest BCUT2D eigenvalue weighted by Gasteiger charge is -2.17. The van der Waals surface area contributed by atoms with Crippen molar-refractivity contribution < 1.29 is 4.79 Å². The molecule has 1 aliphatic rings. The average Bonchev–Trinajstić information content (AvgIpc) is 3.15. The van der Waals surface area contributed by atoms with Crippen LogP contribution in [-0.2, 0) is 0 Å². The van der Waals surface area contributed by atoms with Crippen molar-refractivity contribution in [2.75, 3.05) is 35.2 Å². The van der Waals surface area contributed by atoms with Crippen LogP contribution in [0.2, 0.25) is 0 Å². The highest BCUT2D eigenvalue weighted by molar-refractivity contribution is 6.02. The Morgan fingerprint density at radius 1 is 1.12 bits per heavy atom. The molecule has 0 atom stereocenters. The number of hydrogen-bond acceptors (Lipinski definition) is 5. The summed E-state index contributed by atoms with van der Waals surface area (Å²) in [6.07, 6.45) is 6.59. The van der Waals surface area contributed by atoms with Gasteiger partial charge in [0.15, 0.2) is 0 Å². The molecule has 24 heavy (non-hydrogen) atoms. The molecule has 2 heterocycles. The number of anilines is 3. The molecule has 1 aliphatic heterocycles. The molecule has 1 saturated heterocycles. The average molecular weight is 325 g/mol. The molecule has 1 amide bonds. The van der Waals surface area contributed by atoms with E-state index in [4.69, 9.17) is 0 Å². The number of amides is 1. The minimum absolute atomic E-state index is 0.251. The topological polar surface area (TPSA) is 70.2 Å². The van der Waals surface area contributed by atoms with E-state index in [2.05, 4.69) is 32.4 Å². The van der Waals surface area contributed by atoms with Gasteiger partial charge in [0.2, 0.25) is 0 Å². The van der Waals surface area contributed by atoms with E-state index in [1.807, 2.05) is 24.3 Å². The van der Waals surface area contributed by atoms with Crippen LogP contribution in [-0.4, -0.2) is 35.5 Å². The summed E-state index contributed by atoms with van der Waals surface area (Å²) in [4.78, 5) is 23.0. The fourth-order valence-corrected chi connectivity index (χ4v) is 2.72. The summed E-state index contributed by atoms with van der Waals surface area (Å²) >= 11 is 0. The molecule has 0 saturated carbocycles. The van der Waals surface area contributed by atoms with Crippen molar-refractivity contribution in [2.24, 2.45) is 0 Å². The largest absolute Gasteiger partial charge is 0.372 e. The Labute approximate surface area is 142 Å². The third-order valence-electron chi connectivity index (χ3n) is 4.04. The van der Waals surface area contributed by atoms with Crippen molar-refractivity contribution in [1.29, 1.82) is 0 Å². The van der Waals surface area contributed by atoms with E-state index in [0.717, 1.165) is 31.7 Å². The summed E-state index contributed by atoms with van der Waals surface area (Å²) in [5, 5.41) is 5.99. The molecule has 0 radical (unpaired) electrons. The maximum atomic E-state index is 12.2. The summed E-state index contributed by atoms with van der Waals surface area (Å²) in [7, 11) is 0. The van der Waals surface area contributed by atoms with Gasteiger partial charge in [-0.1, -0.05) is 6.92 Å². The van der Waals surface area contributed by atoms with E-state index in [-0.39, 0.29) is 5.91 Å². The fourth-order valence-electron chi connectivity index (χ4n) is 2.72. The first-order valence-electron chi connectivity index (χ1n) is 8.48. The Morgan fingerprint density at radius 2 is 1.88 bits per heavy atom. The van der Waals surface area contributed by atoms with Gasteiger partial charge in [-0.2, -0.15) is 0 Å². The second kappa shape index (κ2) is 7.77. The van der Waals surface area contributed by atoms with Crippen LogP contribution in [0.15, 0.2) is 36.7 Å². The second-order valence-electron chi connectivity index (χ2n) is 5.91. The lowest BCUT2D eigenvalue weighted by atomic mass is 10.2. The number of nitrogens with one attached hydrogen (secondary N) is 2. The predicted molar refractivity (Wildman–Crippen MR) is 96.7 cm³/mol. The molecular weight excluding hydrogens is 302 g/mol. The minimum Gasteiger partial charge on any atom is -0.372 e. The van der Waals surface area contributed by atoms with Crippen molar-refractivity contribution in [2.45, 2.75) is 26.2 Å². The van der Waals surface area contributed by atoms with Crippen LogP contribution in [0, 0.1) is 0 Å². The third kappa shape index (κ3) is 4.01. The Morgan fingerprint density at radius 3 is 2.50 bits per heavy atom. The molecule has 1 fully saturated rings. The summed E-state index contributed by atoms with van der Waals surface area (Å²) in [5.41, 5.74) is 2.27. The molecule has 0 spiro atoms. The number of nitrogens with zero attached hydrogens (tertiary/aromatic N) is 3. The summed E-state index contributed by atoms with van der Waals surface area (Å²) < 4.78 is 0. The van der Waals surface area contributed by atoms with Crippen molar-refractivity contribution in [3.05, 3.63) is 42.4 Å². The van der Waals surface area contributed by atoms with Crippen molar-refractivity contribution in [3.8, 4) is 0 Å². The van der Waals surface area contributed by atoms with Crippen LogP contribution in [0.3, 0.4) is 0 Å². The summed E-state index contributed by atoms with van der Waals surface area (Å²) in [6.45, 7) is 5.14. The molecule has 3 rings (SSSR count). The van der Waals surface area contributed by atoms with Crippen LogP contribution in [0.4, 0.5) is 17.2 Å². The molecule has 2 aromatic rings. The first-order valence-corrected chi connectivity index (χ1v) is 8.48. The van der Waals surface area contributed by atoms with Gasteiger partial charge < -0.3 is 15.5 Å². The Kier molecular flexibility index (Phi) is 5.25. The van der Waals surface area contributed by atoms with E-state index < -0.39 is 0 Å². The maximum absolute atomic E-state index is 12.2. The van der Waals surface area contributed by atoms with Gasteiger partial charge in [0.25, 0.3) is 5.91 Å². The Bertz CT molecular complexity index is 663. The van der Waals surface area contributed by atoms with Crippen molar-refractivity contribution >= 4 is 23.1 Å². The van der Waals surface area contributed by atoms with Gasteiger partial charge in [0.1, 0.15) is 11.5 Å². The van der Waals surface area contributed by atoms with Gasteiger partial charge in [0, 0.05) is 31.0 Å². The standard InChI is InChI=1S/C18H23N5O/c1-2-9-19-17-13-20-16(12-21-17)18(24)22-14-5-7-15(8-6-14)23-10-3-4-11-23/h5-8,12-13H,2-4,9-11H2,1H3,(H,19,21)(H,22,24). The Hall–Kier alpha value is -2.63. The van der Waals surface area contributed by atoms with Gasteiger partial charge in [-0.15, -0.1) is 0 Å². The van der Waals surface area contributed by atoms with Crippen molar-refractivity contribution in [3.63, 3.8) is 0 Å². The van der Waals surface area contributed by atoms with Gasteiger partial charge in [-0.05, 0) is 43.5 Å². The lowest BCUT2D eigenvalue weighted by Crippen LogP contribution is -2.18. The lowest BCUT2D eigenvalue weighted by molar-refractivity contribution is 0.102. The van der Waals surface area contributed by atoms with Crippen LogP contribution < -0.4 is 15.5 Å². The van der Waals surface area contributed by atoms with Gasteiger partial charge in [-0.3, -0.25) is 4.79 Å². The minimum atomic E-state index is -0.251. The van der Waals surface area contributed by atoms with Crippen LogP contribution in [0.25, 0.3) is 0 Å². The number of rotatable bonds is 6. The van der Waals surface area contributed by atoms with Crippen molar-refractivity contribution in [1.82, 2.24) is 9.97 Å². The monoisotopic (exact) mass is 325 g/mol. The van der Waals surface area contributed by atoms with E-state index >= 15 is 0 Å². The number of aromatic nitrogens is 2. The van der Waals surface area contributed by atoms with E-state index in [1.165, 1.54) is 24.7 Å². The molecule has 0 bridgehead atoms. The van der Waals surface area contributed by atoms with E-state index in [0.29, 0.717) is 11.5 Å². The zero-order valence-corrected chi connectivity index (χ0v) is 14.0. The molecule has 1 aromatic heterocycles. The molecule has 2 N–H and O–H groups in total. The molecule has 126 valence electrons. The highest BCUT2D eigenvalue weighted by Gasteiger charge is 2.13. The number of carbonyl (C=O) groups excluding carboxylic acids is 1. The van der Waals surface area contributed by atoms with E-state index in [9.17, 15) is 4.79 Å². The molecule has 6 heteroatoms. The third-order valence-corrected chi connectivity index (χ3v) is 4.04. The zero-order valence-electron chi connectivity index (χ0n) is 14.0. The predicted octanol–water partition coefficient (Wildman–Crippen LogP) is 3.15.